The van der Waals surface area contributed by atoms with Crippen LogP contribution in [0, 0.1) is 11.3 Å². The largest absolute Gasteiger partial charge is 0.508 e. The van der Waals surface area contributed by atoms with E-state index in [0.717, 1.165) is 0 Å². The smallest absolute Gasteiger partial charge is 0.255 e. The molecule has 4 nitrogen and oxygen atoms in total. The van der Waals surface area contributed by atoms with Crippen molar-refractivity contribution in [3.05, 3.63) is 59.7 Å². The van der Waals surface area contributed by atoms with E-state index in [2.05, 4.69) is 5.32 Å². The summed E-state index contributed by atoms with van der Waals surface area (Å²) in [5, 5.41) is 20.6. The zero-order valence-electron chi connectivity index (χ0n) is 9.42. The molecule has 0 aliphatic rings. The van der Waals surface area contributed by atoms with Crippen LogP contribution >= 0.6 is 0 Å². The highest BCUT2D eigenvalue weighted by Crippen LogP contribution is 2.15. The van der Waals surface area contributed by atoms with Crippen molar-refractivity contribution >= 4 is 11.6 Å². The number of nitriles is 1. The van der Waals surface area contributed by atoms with Crippen molar-refractivity contribution < 1.29 is 9.90 Å². The summed E-state index contributed by atoms with van der Waals surface area (Å²) in [5.74, 6) is -0.155. The Balaban J connectivity index is 2.17. The summed E-state index contributed by atoms with van der Waals surface area (Å²) in [5.41, 5.74) is 1.44. The van der Waals surface area contributed by atoms with Crippen LogP contribution in [0.4, 0.5) is 5.69 Å². The second-order valence-corrected chi connectivity index (χ2v) is 3.69. The maximum absolute atomic E-state index is 11.9. The molecule has 0 saturated heterocycles. The average molecular weight is 238 g/mol. The number of nitrogens with one attached hydrogen (secondary N) is 1. The monoisotopic (exact) mass is 238 g/mol. The molecule has 0 aliphatic carbocycles. The second kappa shape index (κ2) is 5.02. The fraction of sp³-hybridized carbons (Fsp3) is 0. The quantitative estimate of drug-likeness (QED) is 0.789. The number of aromatic hydroxyl groups is 1. The van der Waals surface area contributed by atoms with Crippen LogP contribution in [-0.2, 0) is 0 Å². The van der Waals surface area contributed by atoms with E-state index in [1.54, 1.807) is 30.3 Å². The van der Waals surface area contributed by atoms with E-state index in [-0.39, 0.29) is 11.7 Å². The van der Waals surface area contributed by atoms with Crippen LogP contribution in [0.5, 0.6) is 5.75 Å². The third-order valence-electron chi connectivity index (χ3n) is 2.38. The first-order chi connectivity index (χ1) is 8.69. The van der Waals surface area contributed by atoms with Crippen molar-refractivity contribution in [2.45, 2.75) is 0 Å². The predicted molar refractivity (Wildman–Crippen MR) is 67.2 cm³/mol. The molecule has 18 heavy (non-hydrogen) atoms. The number of phenolic OH excluding ortho intramolecular Hbond substituents is 1. The van der Waals surface area contributed by atoms with Crippen LogP contribution in [0.3, 0.4) is 0 Å². The molecule has 2 aromatic carbocycles. The van der Waals surface area contributed by atoms with Crippen LogP contribution in [0.25, 0.3) is 0 Å². The average Bonchev–Trinajstić information content (AvgIpc) is 2.41. The van der Waals surface area contributed by atoms with Gasteiger partial charge in [0.1, 0.15) is 5.75 Å². The fourth-order valence-corrected chi connectivity index (χ4v) is 1.48. The summed E-state index contributed by atoms with van der Waals surface area (Å²) in [7, 11) is 0. The molecule has 1 amide bonds. The lowest BCUT2D eigenvalue weighted by Gasteiger charge is -2.05. The van der Waals surface area contributed by atoms with Crippen molar-refractivity contribution in [3.63, 3.8) is 0 Å². The minimum atomic E-state index is -0.294. The van der Waals surface area contributed by atoms with Crippen molar-refractivity contribution in [2.75, 3.05) is 5.32 Å². The maximum Gasteiger partial charge on any atom is 0.255 e. The number of rotatable bonds is 2. The van der Waals surface area contributed by atoms with Gasteiger partial charge in [-0.2, -0.15) is 5.26 Å². The van der Waals surface area contributed by atoms with Crippen molar-refractivity contribution in [1.82, 2.24) is 0 Å². The molecule has 2 aromatic rings. The molecule has 88 valence electrons. The van der Waals surface area contributed by atoms with Gasteiger partial charge in [-0.25, -0.2) is 0 Å². The van der Waals surface area contributed by atoms with E-state index in [1.807, 2.05) is 6.07 Å². The Hall–Kier alpha value is -2.80. The van der Waals surface area contributed by atoms with Crippen LogP contribution < -0.4 is 5.32 Å². The molecule has 0 spiro atoms. The fourth-order valence-electron chi connectivity index (χ4n) is 1.48. The molecule has 0 aromatic heterocycles. The van der Waals surface area contributed by atoms with Crippen molar-refractivity contribution in [1.29, 1.82) is 5.26 Å². The van der Waals surface area contributed by atoms with Gasteiger partial charge in [0.05, 0.1) is 11.6 Å². The summed E-state index contributed by atoms with van der Waals surface area (Å²) >= 11 is 0. The Morgan fingerprint density at radius 3 is 2.56 bits per heavy atom. The third kappa shape index (κ3) is 2.66. The number of benzene rings is 2. The van der Waals surface area contributed by atoms with Crippen LogP contribution in [-0.4, -0.2) is 11.0 Å². The number of amides is 1. The summed E-state index contributed by atoms with van der Waals surface area (Å²) in [4.78, 5) is 11.9. The third-order valence-corrected chi connectivity index (χ3v) is 2.38. The normalized spacial score (nSPS) is 9.50. The number of hydrogen-bond acceptors (Lipinski definition) is 3. The predicted octanol–water partition coefficient (Wildman–Crippen LogP) is 2.52. The molecule has 0 radical (unpaired) electrons. The van der Waals surface area contributed by atoms with Gasteiger partial charge in [-0.3, -0.25) is 4.79 Å². The number of anilines is 1. The molecule has 0 aliphatic heterocycles. The Kier molecular flexibility index (Phi) is 3.26. The Bertz CT molecular complexity index is 612. The first-order valence-corrected chi connectivity index (χ1v) is 5.29. The lowest BCUT2D eigenvalue weighted by molar-refractivity contribution is 0.102. The summed E-state index contributed by atoms with van der Waals surface area (Å²) in [6.07, 6.45) is 0. The van der Waals surface area contributed by atoms with E-state index in [0.29, 0.717) is 16.8 Å². The van der Waals surface area contributed by atoms with Gasteiger partial charge in [0.25, 0.3) is 5.91 Å². The van der Waals surface area contributed by atoms with E-state index >= 15 is 0 Å². The standard InChI is InChI=1S/C14H10N2O2/c15-9-10-2-1-3-11(8-10)14(18)16-12-4-6-13(17)7-5-12/h1-8,17H,(H,16,18). The molecular weight excluding hydrogens is 228 g/mol. The lowest BCUT2D eigenvalue weighted by Crippen LogP contribution is -2.11. The van der Waals surface area contributed by atoms with Gasteiger partial charge in [0, 0.05) is 11.3 Å². The topological polar surface area (TPSA) is 73.1 Å². The van der Waals surface area contributed by atoms with Crippen molar-refractivity contribution in [2.24, 2.45) is 0 Å². The van der Waals surface area contributed by atoms with Gasteiger partial charge in [0.15, 0.2) is 0 Å². The summed E-state index contributed by atoms with van der Waals surface area (Å²) in [6, 6.07) is 14.6. The molecule has 0 bridgehead atoms. The number of carbonyl (C=O) groups excluding carboxylic acids is 1. The van der Waals surface area contributed by atoms with Crippen molar-refractivity contribution in [3.8, 4) is 11.8 Å². The molecule has 0 fully saturated rings. The molecular formula is C14H10N2O2. The minimum Gasteiger partial charge on any atom is -0.508 e. The van der Waals surface area contributed by atoms with Gasteiger partial charge < -0.3 is 10.4 Å². The molecule has 0 heterocycles. The zero-order valence-corrected chi connectivity index (χ0v) is 9.42. The first-order valence-electron chi connectivity index (χ1n) is 5.29. The molecule has 0 atom stereocenters. The molecule has 4 heteroatoms. The SMILES string of the molecule is N#Cc1cccc(C(=O)Nc2ccc(O)cc2)c1. The van der Waals surface area contributed by atoms with Gasteiger partial charge in [-0.1, -0.05) is 6.07 Å². The molecule has 0 saturated carbocycles. The van der Waals surface area contributed by atoms with E-state index in [9.17, 15) is 4.79 Å². The van der Waals surface area contributed by atoms with Gasteiger partial charge in [-0.15, -0.1) is 0 Å². The molecule has 0 unspecified atom stereocenters. The molecule has 2 rings (SSSR count). The molecule has 2 N–H and O–H groups in total. The summed E-state index contributed by atoms with van der Waals surface area (Å²) in [6.45, 7) is 0. The number of hydrogen-bond donors (Lipinski definition) is 2. The Morgan fingerprint density at radius 2 is 1.89 bits per heavy atom. The Labute approximate surface area is 104 Å². The van der Waals surface area contributed by atoms with Crippen LogP contribution in [0.2, 0.25) is 0 Å². The van der Waals surface area contributed by atoms with Crippen LogP contribution in [0.15, 0.2) is 48.5 Å². The van der Waals surface area contributed by atoms with E-state index in [1.165, 1.54) is 18.2 Å². The highest BCUT2D eigenvalue weighted by atomic mass is 16.3. The minimum absolute atomic E-state index is 0.138. The zero-order chi connectivity index (χ0) is 13.0. The second-order valence-electron chi connectivity index (χ2n) is 3.69. The Morgan fingerprint density at radius 1 is 1.17 bits per heavy atom. The number of nitrogens with zero attached hydrogens (tertiary/aromatic N) is 1. The first kappa shape index (κ1) is 11.7. The lowest BCUT2D eigenvalue weighted by atomic mass is 10.1. The summed E-state index contributed by atoms with van der Waals surface area (Å²) < 4.78 is 0. The van der Waals surface area contributed by atoms with E-state index in [4.69, 9.17) is 10.4 Å². The van der Waals surface area contributed by atoms with Gasteiger partial charge in [0.2, 0.25) is 0 Å². The van der Waals surface area contributed by atoms with Gasteiger partial charge in [-0.05, 0) is 42.5 Å². The highest BCUT2D eigenvalue weighted by molar-refractivity contribution is 6.04. The number of carbonyl (C=O) groups is 1. The highest BCUT2D eigenvalue weighted by Gasteiger charge is 2.06. The maximum atomic E-state index is 11.9. The van der Waals surface area contributed by atoms with E-state index < -0.39 is 0 Å². The van der Waals surface area contributed by atoms with Gasteiger partial charge >= 0.3 is 0 Å². The van der Waals surface area contributed by atoms with Crippen LogP contribution in [0.1, 0.15) is 15.9 Å². The number of phenols is 1.